The lowest BCUT2D eigenvalue weighted by Gasteiger charge is -2.34. The van der Waals surface area contributed by atoms with E-state index in [-0.39, 0.29) is 48.0 Å². The molecule has 2 unspecified atom stereocenters. The van der Waals surface area contributed by atoms with E-state index in [0.29, 0.717) is 150 Å². The lowest BCUT2D eigenvalue weighted by Crippen LogP contribution is -2.42. The number of piperidine rings is 2. The number of carbonyl (C=O) groups is 2. The summed E-state index contributed by atoms with van der Waals surface area (Å²) >= 11 is 0. The van der Waals surface area contributed by atoms with E-state index in [1.165, 1.54) is 0 Å². The van der Waals surface area contributed by atoms with Gasteiger partial charge in [-0.1, -0.05) is 27.7 Å². The van der Waals surface area contributed by atoms with Crippen molar-refractivity contribution in [1.82, 2.24) is 128 Å². The molecule has 122 heavy (non-hydrogen) atoms. The van der Waals surface area contributed by atoms with Crippen LogP contribution in [0.1, 0.15) is 131 Å². The Balaban J connectivity index is 0.000000127. The van der Waals surface area contributed by atoms with E-state index in [4.69, 9.17) is 80.8 Å². The average Bonchev–Trinajstić information content (AvgIpc) is 1.58. The molecule has 7 N–H and O–H groups in total. The number of nitrogens with zero attached hydrogens (tertiary/aromatic N) is 30. The molecule has 41 heteroatoms. The van der Waals surface area contributed by atoms with Crippen molar-refractivity contribution in [1.29, 1.82) is 0 Å². The van der Waals surface area contributed by atoms with Gasteiger partial charge < -0.3 is 93.9 Å². The SMILES string of the molecule is CC(C)(C)OC(=O)N1CCC(n2cnc3c(-c4cnc(N)nc4)nc(N4CCOCC4)nc32)CC1.CC(C)C(C)n1cnc2c(-c3cnc(N)nc3)nc(N3CCOCC3)nc21.CCC(C)n1cnc2c(-c3cnc(NC)nc3)nc(N3CCOCC3)nc21.CCCC(=O)N1CCC(n2cnc3c(-c4cnc(N)nc4)nc(N4CCOCC4)nc32)CC1. The molecule has 18 heterocycles. The maximum absolute atomic E-state index is 12.5. The van der Waals surface area contributed by atoms with E-state index in [0.717, 1.165) is 158 Å². The van der Waals surface area contributed by atoms with Crippen LogP contribution in [0.2, 0.25) is 0 Å². The van der Waals surface area contributed by atoms with Gasteiger partial charge in [0.25, 0.3) is 0 Å². The van der Waals surface area contributed by atoms with Gasteiger partial charge in [-0.05, 0) is 79.1 Å². The second kappa shape index (κ2) is 38.1. The normalized spacial score (nSPS) is 16.9. The van der Waals surface area contributed by atoms with E-state index in [2.05, 4.69) is 138 Å². The molecular formula is C81H108N34O7. The number of aromatic nitrogens is 24. The minimum absolute atomic E-state index is 0.154. The maximum atomic E-state index is 12.5. The van der Waals surface area contributed by atoms with Crippen LogP contribution in [0.5, 0.6) is 0 Å². The molecule has 6 aliphatic heterocycles. The molecule has 12 aromatic rings. The number of rotatable bonds is 17. The van der Waals surface area contributed by atoms with Gasteiger partial charge in [-0.25, -0.2) is 84.5 Å². The zero-order valence-corrected chi connectivity index (χ0v) is 70.9. The van der Waals surface area contributed by atoms with E-state index >= 15 is 0 Å². The molecule has 644 valence electrons. The van der Waals surface area contributed by atoms with Crippen LogP contribution < -0.4 is 42.1 Å². The number of nitrogens with two attached hydrogens (primary N) is 3. The van der Waals surface area contributed by atoms with Gasteiger partial charge in [0.2, 0.25) is 53.5 Å². The van der Waals surface area contributed by atoms with Crippen molar-refractivity contribution in [2.45, 2.75) is 137 Å². The number of likely N-dealkylation sites (tertiary alicyclic amines) is 2. The summed E-state index contributed by atoms with van der Waals surface area (Å²) in [5.41, 5.74) is 28.5. The highest BCUT2D eigenvalue weighted by atomic mass is 16.6. The van der Waals surface area contributed by atoms with Gasteiger partial charge in [0, 0.05) is 188 Å². The van der Waals surface area contributed by atoms with Crippen LogP contribution in [0.4, 0.5) is 52.4 Å². The predicted octanol–water partition coefficient (Wildman–Crippen LogP) is 7.99. The van der Waals surface area contributed by atoms with Crippen LogP contribution in [0.25, 0.3) is 89.7 Å². The van der Waals surface area contributed by atoms with Crippen LogP contribution in [-0.4, -0.2) is 284 Å². The molecule has 0 radical (unpaired) electrons. The van der Waals surface area contributed by atoms with Crippen molar-refractivity contribution in [3.05, 3.63) is 74.9 Å². The van der Waals surface area contributed by atoms with E-state index in [1.807, 2.05) is 57.9 Å². The largest absolute Gasteiger partial charge is 0.444 e. The summed E-state index contributed by atoms with van der Waals surface area (Å²) in [4.78, 5) is 128. The first kappa shape index (κ1) is 84.5. The Hall–Kier alpha value is -12.5. The molecule has 12 aromatic heterocycles. The van der Waals surface area contributed by atoms with Crippen LogP contribution in [0, 0.1) is 5.92 Å². The number of amides is 2. The Bertz CT molecular complexity index is 5510. The molecule has 0 saturated carbocycles. The Morgan fingerprint density at radius 1 is 0.434 bits per heavy atom. The third-order valence-corrected chi connectivity index (χ3v) is 22.5. The number of nitrogens with one attached hydrogen (secondary N) is 1. The molecule has 41 nitrogen and oxygen atoms in total. The number of ether oxygens (including phenoxy) is 5. The van der Waals surface area contributed by atoms with Crippen LogP contribution in [-0.2, 0) is 28.5 Å². The first-order valence-corrected chi connectivity index (χ1v) is 42.0. The fourth-order valence-corrected chi connectivity index (χ4v) is 15.1. The summed E-state index contributed by atoms with van der Waals surface area (Å²) in [6.45, 7) is 32.5. The molecule has 6 aliphatic rings. The molecule has 2 amide bonds. The topological polar surface area (TPSA) is 467 Å². The van der Waals surface area contributed by atoms with E-state index < -0.39 is 5.60 Å². The highest BCUT2D eigenvalue weighted by molar-refractivity contribution is 5.91. The number of morpholine rings is 4. The number of imidazole rings is 4. The zero-order valence-electron chi connectivity index (χ0n) is 70.9. The third-order valence-electron chi connectivity index (χ3n) is 22.5. The fourth-order valence-electron chi connectivity index (χ4n) is 15.1. The summed E-state index contributed by atoms with van der Waals surface area (Å²) in [7, 11) is 1.79. The molecule has 2 atom stereocenters. The fraction of sp³-hybridized carbons (Fsp3) is 0.531. The van der Waals surface area contributed by atoms with E-state index in [1.54, 1.807) is 61.5 Å². The highest BCUT2D eigenvalue weighted by Gasteiger charge is 2.33. The molecule has 0 spiro atoms. The lowest BCUT2D eigenvalue weighted by molar-refractivity contribution is -0.132. The number of carbonyl (C=O) groups excluding carboxylic acids is 2. The minimum atomic E-state index is -0.510. The van der Waals surface area contributed by atoms with Crippen LogP contribution >= 0.6 is 0 Å². The first-order valence-electron chi connectivity index (χ1n) is 42.0. The van der Waals surface area contributed by atoms with E-state index in [9.17, 15) is 9.59 Å². The van der Waals surface area contributed by atoms with Crippen molar-refractivity contribution >= 4 is 104 Å². The van der Waals surface area contributed by atoms with Gasteiger partial charge in [-0.15, -0.1) is 0 Å². The minimum Gasteiger partial charge on any atom is -0.444 e. The third kappa shape index (κ3) is 19.3. The molecule has 0 aliphatic carbocycles. The molecule has 0 bridgehead atoms. The molecular weight excluding hydrogens is 1560 g/mol. The average molecular weight is 1670 g/mol. The first-order chi connectivity index (χ1) is 59.2. The monoisotopic (exact) mass is 1670 g/mol. The molecule has 0 aromatic carbocycles. The van der Waals surface area contributed by atoms with Gasteiger partial charge in [0.1, 0.15) is 50.4 Å². The van der Waals surface area contributed by atoms with Crippen molar-refractivity contribution in [2.24, 2.45) is 5.92 Å². The van der Waals surface area contributed by atoms with Crippen molar-refractivity contribution in [2.75, 3.05) is 181 Å². The number of nitrogen functional groups attached to an aromatic ring is 3. The van der Waals surface area contributed by atoms with Gasteiger partial charge >= 0.3 is 6.09 Å². The molecule has 6 fully saturated rings. The molecule has 18 rings (SSSR count). The van der Waals surface area contributed by atoms with Crippen molar-refractivity contribution in [3.8, 4) is 45.0 Å². The number of hydrogen-bond acceptors (Lipinski definition) is 35. The van der Waals surface area contributed by atoms with Gasteiger partial charge in [0.05, 0.1) is 78.2 Å². The number of anilines is 8. The summed E-state index contributed by atoms with van der Waals surface area (Å²) in [5.74, 6) is 4.57. The second-order valence-corrected chi connectivity index (χ2v) is 32.0. The van der Waals surface area contributed by atoms with Crippen molar-refractivity contribution < 1.29 is 33.3 Å². The highest BCUT2D eigenvalue weighted by Crippen LogP contribution is 2.37. The molecule has 6 saturated heterocycles. The maximum Gasteiger partial charge on any atom is 0.410 e. The second-order valence-electron chi connectivity index (χ2n) is 32.0. The van der Waals surface area contributed by atoms with Crippen molar-refractivity contribution in [3.63, 3.8) is 0 Å². The predicted molar refractivity (Wildman–Crippen MR) is 461 cm³/mol. The summed E-state index contributed by atoms with van der Waals surface area (Å²) < 4.78 is 36.0. The van der Waals surface area contributed by atoms with Crippen LogP contribution in [0.15, 0.2) is 74.9 Å². The summed E-state index contributed by atoms with van der Waals surface area (Å²) in [6, 6.07) is 0.946. The van der Waals surface area contributed by atoms with Gasteiger partial charge in [0.15, 0.2) is 22.6 Å². The summed E-state index contributed by atoms with van der Waals surface area (Å²) in [6.07, 6.45) is 26.4. The number of fused-ring (bicyclic) bond motifs is 4. The zero-order chi connectivity index (χ0) is 85.1. The standard InChI is InChI=1S/C23H31N9O3.C22H29N9O2.2C18H24N8O/c1-23(2,3)35-22(33)31-6-4-16(5-7-31)32-14-27-18-17(15-12-25-20(24)26-13-15)28-21(29-19(18)32)30-8-10-34-11-9-30;1-2-3-17(32)29-6-4-16(5-7-29)31-14-26-19-18(15-12-24-21(23)25-13-15)27-22(28-20(19)31)30-8-10-33-11-9-30;1-11(2)12(3)26-10-22-15-14(13-8-20-17(19)21-9-13)23-18(24-16(15)26)25-4-6-27-7-5-25;1-4-12(2)26-11-22-15-14(13-9-20-17(19-3)21-10-13)23-18(24-16(15)26)25-5-7-27-8-6-25/h12-14,16H,4-11H2,1-3H3,(H2,24,25,26);12-14,16H,2-11H2,1H3,(H2,23,24,25);8-12H,4-7H2,1-3H3,(H2,19,20,21);9-12H,4-8H2,1-3H3,(H,19,20,21). The number of hydrogen-bond donors (Lipinski definition) is 4. The quantitative estimate of drug-likeness (QED) is 0.0670. The Labute approximate surface area is 705 Å². The van der Waals surface area contributed by atoms with Gasteiger partial charge in [-0.3, -0.25) is 4.79 Å². The smallest absolute Gasteiger partial charge is 0.410 e. The Kier molecular flexibility index (Phi) is 26.4. The summed E-state index contributed by atoms with van der Waals surface area (Å²) in [5, 5.41) is 2.94. The van der Waals surface area contributed by atoms with Gasteiger partial charge in [-0.2, -0.15) is 19.9 Å². The Morgan fingerprint density at radius 3 is 1.09 bits per heavy atom. The van der Waals surface area contributed by atoms with Crippen LogP contribution in [0.3, 0.4) is 0 Å². The lowest BCUT2D eigenvalue weighted by atomic mass is 10.0. The Morgan fingerprint density at radius 2 is 0.754 bits per heavy atom.